The van der Waals surface area contributed by atoms with Gasteiger partial charge in [-0.3, -0.25) is 4.79 Å². The van der Waals surface area contributed by atoms with Gasteiger partial charge in [-0.2, -0.15) is 10.1 Å². The molecule has 1 aliphatic rings. The number of fused-ring (bicyclic) bond motifs is 1. The fourth-order valence-corrected chi connectivity index (χ4v) is 4.03. The average molecular weight is 482 g/mol. The van der Waals surface area contributed by atoms with Crippen molar-refractivity contribution in [2.24, 2.45) is 0 Å². The van der Waals surface area contributed by atoms with Gasteiger partial charge in [0.1, 0.15) is 18.1 Å². The summed E-state index contributed by atoms with van der Waals surface area (Å²) in [5, 5.41) is 10.7. The number of anilines is 2. The molecule has 8 heteroatoms. The van der Waals surface area contributed by atoms with Crippen molar-refractivity contribution in [2.75, 3.05) is 17.2 Å². The lowest BCUT2D eigenvalue weighted by Crippen LogP contribution is -2.32. The molecule has 0 bridgehead atoms. The van der Waals surface area contributed by atoms with E-state index in [0.29, 0.717) is 23.9 Å². The van der Waals surface area contributed by atoms with E-state index in [-0.39, 0.29) is 5.91 Å². The number of para-hydroxylation sites is 1. The maximum Gasteiger partial charge on any atom is 0.255 e. The van der Waals surface area contributed by atoms with Crippen molar-refractivity contribution in [3.63, 3.8) is 0 Å². The fourth-order valence-electron chi connectivity index (χ4n) is 3.65. The van der Waals surface area contributed by atoms with Gasteiger partial charge in [-0.25, -0.2) is 4.68 Å². The third kappa shape index (κ3) is 4.20. The topological polar surface area (TPSA) is 81.1 Å². The van der Waals surface area contributed by atoms with Crippen LogP contribution in [-0.4, -0.2) is 27.3 Å². The molecule has 0 aliphatic carbocycles. The van der Waals surface area contributed by atoms with Gasteiger partial charge < -0.3 is 15.4 Å². The van der Waals surface area contributed by atoms with Gasteiger partial charge in [-0.15, -0.1) is 0 Å². The zero-order valence-electron chi connectivity index (χ0n) is 17.6. The summed E-state index contributed by atoms with van der Waals surface area (Å²) in [5.41, 5.74) is 3.88. The van der Waals surface area contributed by atoms with E-state index in [9.17, 15) is 4.79 Å². The van der Waals surface area contributed by atoms with E-state index in [2.05, 4.69) is 43.6 Å². The van der Waals surface area contributed by atoms with Crippen LogP contribution in [0.25, 0.3) is 0 Å². The Morgan fingerprint density at radius 1 is 1.26 bits per heavy atom. The lowest BCUT2D eigenvalue weighted by atomic mass is 9.94. The van der Waals surface area contributed by atoms with Gasteiger partial charge in [0.25, 0.3) is 5.91 Å². The van der Waals surface area contributed by atoms with E-state index in [1.807, 2.05) is 56.3 Å². The summed E-state index contributed by atoms with van der Waals surface area (Å²) in [7, 11) is 0. The number of benzene rings is 2. The smallest absolute Gasteiger partial charge is 0.255 e. The number of nitrogens with one attached hydrogen (secondary N) is 2. The summed E-state index contributed by atoms with van der Waals surface area (Å²) in [6.45, 7) is 6.48. The highest BCUT2D eigenvalue weighted by Crippen LogP contribution is 2.40. The lowest BCUT2D eigenvalue weighted by Gasteiger charge is -2.30. The molecule has 2 heterocycles. The van der Waals surface area contributed by atoms with Gasteiger partial charge in [0, 0.05) is 21.4 Å². The van der Waals surface area contributed by atoms with Crippen molar-refractivity contribution >= 4 is 33.5 Å². The van der Waals surface area contributed by atoms with Crippen molar-refractivity contribution in [3.05, 3.63) is 75.7 Å². The highest BCUT2D eigenvalue weighted by molar-refractivity contribution is 9.10. The Bertz CT molecular complexity index is 1150. The van der Waals surface area contributed by atoms with E-state index in [4.69, 9.17) is 4.74 Å². The van der Waals surface area contributed by atoms with Crippen LogP contribution >= 0.6 is 15.9 Å². The molecule has 1 aromatic heterocycles. The van der Waals surface area contributed by atoms with Crippen LogP contribution in [0.2, 0.25) is 0 Å². The zero-order chi connectivity index (χ0) is 22.0. The number of carbonyl (C=O) groups is 1. The number of carbonyl (C=O) groups excluding carboxylic acids is 1. The second kappa shape index (κ2) is 8.93. The highest BCUT2D eigenvalue weighted by Gasteiger charge is 2.35. The molecule has 0 spiro atoms. The predicted molar refractivity (Wildman–Crippen MR) is 124 cm³/mol. The first-order chi connectivity index (χ1) is 15.0. The first-order valence-electron chi connectivity index (χ1n) is 10.2. The van der Waals surface area contributed by atoms with Gasteiger partial charge in [-0.1, -0.05) is 41.1 Å². The number of halogens is 1. The number of amides is 1. The van der Waals surface area contributed by atoms with Gasteiger partial charge >= 0.3 is 0 Å². The van der Waals surface area contributed by atoms with E-state index in [1.54, 1.807) is 4.68 Å². The van der Waals surface area contributed by atoms with Crippen molar-refractivity contribution in [1.29, 1.82) is 0 Å². The van der Waals surface area contributed by atoms with Crippen molar-refractivity contribution in [2.45, 2.75) is 33.2 Å². The van der Waals surface area contributed by atoms with Crippen molar-refractivity contribution in [1.82, 2.24) is 14.8 Å². The third-order valence-corrected chi connectivity index (χ3v) is 5.65. The Hall–Kier alpha value is -3.13. The molecule has 1 aliphatic heterocycles. The summed E-state index contributed by atoms with van der Waals surface area (Å²) >= 11 is 3.56. The Balaban J connectivity index is 1.82. The van der Waals surface area contributed by atoms with Crippen molar-refractivity contribution < 1.29 is 9.53 Å². The van der Waals surface area contributed by atoms with Crippen LogP contribution < -0.4 is 15.4 Å². The van der Waals surface area contributed by atoms with Gasteiger partial charge in [0.15, 0.2) is 0 Å². The number of nitrogens with zero attached hydrogens (tertiary/aromatic N) is 3. The van der Waals surface area contributed by atoms with E-state index >= 15 is 0 Å². The molecule has 1 atom stereocenters. The third-order valence-electron chi connectivity index (χ3n) is 5.16. The molecule has 31 heavy (non-hydrogen) atoms. The second-order valence-electron chi connectivity index (χ2n) is 7.39. The number of ether oxygens (including phenoxy) is 1. The summed E-state index contributed by atoms with van der Waals surface area (Å²) in [4.78, 5) is 17.8. The molecule has 3 aromatic rings. The predicted octanol–water partition coefficient (Wildman–Crippen LogP) is 5.07. The molecular weight excluding hydrogens is 458 g/mol. The number of aromatic nitrogens is 3. The Labute approximate surface area is 189 Å². The van der Waals surface area contributed by atoms with Crippen molar-refractivity contribution in [3.8, 4) is 5.75 Å². The molecule has 2 N–H and O–H groups in total. The van der Waals surface area contributed by atoms with E-state index in [1.165, 1.54) is 6.33 Å². The molecule has 0 saturated carbocycles. The molecular formula is C23H24BrN5O2. The molecule has 160 valence electrons. The largest absolute Gasteiger partial charge is 0.493 e. The Kier molecular flexibility index (Phi) is 6.08. The van der Waals surface area contributed by atoms with Gasteiger partial charge in [-0.05, 0) is 50.1 Å². The van der Waals surface area contributed by atoms with Crippen LogP contribution in [0.1, 0.15) is 37.4 Å². The van der Waals surface area contributed by atoms with Crippen LogP contribution in [0.15, 0.2) is 64.5 Å². The SMILES string of the molecule is CCCOc1ccc(Br)cc1C1C(C(=O)Nc2ccccc2C)=C(C)Nc2ncnn21. The standard InChI is InChI=1S/C23H24BrN5O2/c1-4-11-31-19-10-9-16(24)12-17(19)21-20(15(3)27-23-25-13-26-29(21)23)22(30)28-18-8-6-5-7-14(18)2/h5-10,12-13,21H,4,11H2,1-3H3,(H,28,30)(H,25,26,27). The minimum atomic E-state index is -0.493. The first kappa shape index (κ1) is 21.1. The van der Waals surface area contributed by atoms with E-state index < -0.39 is 6.04 Å². The Morgan fingerprint density at radius 2 is 2.06 bits per heavy atom. The normalized spacial score (nSPS) is 15.3. The molecule has 0 saturated heterocycles. The highest BCUT2D eigenvalue weighted by atomic mass is 79.9. The maximum absolute atomic E-state index is 13.5. The summed E-state index contributed by atoms with van der Waals surface area (Å²) < 4.78 is 8.64. The number of aryl methyl sites for hydroxylation is 1. The van der Waals surface area contributed by atoms with Gasteiger partial charge in [0.05, 0.1) is 12.2 Å². The number of hydrogen-bond donors (Lipinski definition) is 2. The minimum Gasteiger partial charge on any atom is -0.493 e. The van der Waals surface area contributed by atoms with Crippen LogP contribution in [0.5, 0.6) is 5.75 Å². The monoisotopic (exact) mass is 481 g/mol. The molecule has 0 radical (unpaired) electrons. The molecule has 2 aromatic carbocycles. The van der Waals surface area contributed by atoms with E-state index in [0.717, 1.165) is 33.4 Å². The molecule has 0 fully saturated rings. The fraction of sp³-hybridized carbons (Fsp3) is 0.261. The van der Waals surface area contributed by atoms with Gasteiger partial charge in [0.2, 0.25) is 5.95 Å². The average Bonchev–Trinajstić information content (AvgIpc) is 3.21. The maximum atomic E-state index is 13.5. The van der Waals surface area contributed by atoms with Crippen LogP contribution in [0, 0.1) is 6.92 Å². The molecule has 1 unspecified atom stereocenters. The number of allylic oxidation sites excluding steroid dienone is 1. The second-order valence-corrected chi connectivity index (χ2v) is 8.31. The van der Waals surface area contributed by atoms with Crippen LogP contribution in [0.3, 0.4) is 0 Å². The summed E-state index contributed by atoms with van der Waals surface area (Å²) in [6.07, 6.45) is 2.36. The molecule has 4 rings (SSSR count). The summed E-state index contributed by atoms with van der Waals surface area (Å²) in [6, 6.07) is 13.0. The molecule has 1 amide bonds. The Morgan fingerprint density at radius 3 is 2.84 bits per heavy atom. The number of rotatable bonds is 6. The minimum absolute atomic E-state index is 0.202. The van der Waals surface area contributed by atoms with Crippen LogP contribution in [0.4, 0.5) is 11.6 Å². The molecule has 7 nitrogen and oxygen atoms in total. The van der Waals surface area contributed by atoms with Crippen LogP contribution in [-0.2, 0) is 4.79 Å². The summed E-state index contributed by atoms with van der Waals surface area (Å²) in [5.74, 6) is 1.09. The zero-order valence-corrected chi connectivity index (χ0v) is 19.2. The lowest BCUT2D eigenvalue weighted by molar-refractivity contribution is -0.113. The quantitative estimate of drug-likeness (QED) is 0.513. The number of hydrogen-bond acceptors (Lipinski definition) is 5. The first-order valence-corrected chi connectivity index (χ1v) is 11.0.